The molecular weight excluding hydrogens is 230 g/mol. The summed E-state index contributed by atoms with van der Waals surface area (Å²) in [4.78, 5) is 14.2. The molecule has 18 heavy (non-hydrogen) atoms. The van der Waals surface area contributed by atoms with Crippen molar-refractivity contribution in [3.05, 3.63) is 18.0 Å². The van der Waals surface area contributed by atoms with E-state index in [2.05, 4.69) is 10.5 Å². The Balaban J connectivity index is 1.58. The van der Waals surface area contributed by atoms with Crippen molar-refractivity contribution in [1.82, 2.24) is 15.4 Å². The molecule has 2 aliphatic rings. The zero-order chi connectivity index (χ0) is 12.4. The maximum atomic E-state index is 12.2. The minimum atomic E-state index is 0.178. The molecular formula is C13H19N3O2. The van der Waals surface area contributed by atoms with Crippen molar-refractivity contribution in [2.24, 2.45) is 11.8 Å². The van der Waals surface area contributed by atoms with Gasteiger partial charge in [-0.25, -0.2) is 0 Å². The van der Waals surface area contributed by atoms with Crippen LogP contribution in [0.25, 0.3) is 0 Å². The van der Waals surface area contributed by atoms with E-state index in [-0.39, 0.29) is 5.91 Å². The summed E-state index contributed by atoms with van der Waals surface area (Å²) in [5.41, 5.74) is 0.728. The van der Waals surface area contributed by atoms with E-state index in [0.29, 0.717) is 6.42 Å². The van der Waals surface area contributed by atoms with Crippen LogP contribution in [0.1, 0.15) is 18.5 Å². The highest BCUT2D eigenvalue weighted by Gasteiger charge is 2.31. The number of carbonyl (C=O) groups is 1. The number of aromatic nitrogens is 1. The number of carbonyl (C=O) groups excluding carboxylic acids is 1. The zero-order valence-corrected chi connectivity index (χ0v) is 10.5. The molecule has 5 heteroatoms. The molecule has 98 valence electrons. The molecule has 3 heterocycles. The molecule has 2 atom stereocenters. The number of nitrogens with one attached hydrogen (secondary N) is 1. The molecule has 0 saturated carbocycles. The van der Waals surface area contributed by atoms with Gasteiger partial charge < -0.3 is 14.7 Å². The third-order valence-corrected chi connectivity index (χ3v) is 4.20. The smallest absolute Gasteiger partial charge is 0.228 e. The third-order valence-electron chi connectivity index (χ3n) is 4.20. The molecule has 2 aliphatic heterocycles. The maximum absolute atomic E-state index is 12.2. The van der Waals surface area contributed by atoms with E-state index in [1.54, 1.807) is 6.07 Å². The molecule has 2 saturated heterocycles. The lowest BCUT2D eigenvalue weighted by Gasteiger charge is -2.20. The monoisotopic (exact) mass is 249 g/mol. The summed E-state index contributed by atoms with van der Waals surface area (Å²) >= 11 is 0. The fourth-order valence-electron chi connectivity index (χ4n) is 3.06. The van der Waals surface area contributed by atoms with Crippen LogP contribution < -0.4 is 5.32 Å². The third kappa shape index (κ3) is 2.41. The van der Waals surface area contributed by atoms with Gasteiger partial charge in [-0.2, -0.15) is 0 Å². The Labute approximate surface area is 107 Å². The maximum Gasteiger partial charge on any atom is 0.228 e. The van der Waals surface area contributed by atoms with Crippen LogP contribution in [-0.4, -0.2) is 42.1 Å². The Morgan fingerprint density at radius 1 is 1.39 bits per heavy atom. The van der Waals surface area contributed by atoms with Crippen LogP contribution in [-0.2, 0) is 11.2 Å². The average molecular weight is 249 g/mol. The fraction of sp³-hybridized carbons (Fsp3) is 0.692. The van der Waals surface area contributed by atoms with Gasteiger partial charge in [0.25, 0.3) is 0 Å². The Bertz CT molecular complexity index is 390. The second kappa shape index (κ2) is 5.10. The predicted octanol–water partition coefficient (Wildman–Crippen LogP) is 0.675. The molecule has 5 nitrogen and oxygen atoms in total. The van der Waals surface area contributed by atoms with Gasteiger partial charge in [-0.3, -0.25) is 4.79 Å². The van der Waals surface area contributed by atoms with Crippen molar-refractivity contribution in [3.8, 4) is 0 Å². The van der Waals surface area contributed by atoms with Gasteiger partial charge in [0.15, 0.2) is 0 Å². The number of rotatable bonds is 2. The van der Waals surface area contributed by atoms with E-state index < -0.39 is 0 Å². The van der Waals surface area contributed by atoms with Crippen LogP contribution in [0.3, 0.4) is 0 Å². The molecule has 3 rings (SSSR count). The average Bonchev–Trinajstić information content (AvgIpc) is 2.98. The Kier molecular flexibility index (Phi) is 3.32. The molecule has 0 aliphatic carbocycles. The summed E-state index contributed by atoms with van der Waals surface area (Å²) < 4.78 is 4.76. The molecule has 1 amide bonds. The molecule has 0 bridgehead atoms. The molecule has 1 aromatic heterocycles. The summed E-state index contributed by atoms with van der Waals surface area (Å²) in [6.07, 6.45) is 4.13. The van der Waals surface area contributed by atoms with Crippen molar-refractivity contribution in [2.75, 3.05) is 26.2 Å². The van der Waals surface area contributed by atoms with E-state index in [1.165, 1.54) is 6.26 Å². The summed E-state index contributed by atoms with van der Waals surface area (Å²) in [7, 11) is 0. The summed E-state index contributed by atoms with van der Waals surface area (Å²) in [5, 5.41) is 7.25. The SMILES string of the molecule is O=C(Cc1ccon1)N1CC[C@@H]2CNC[C@@H]2CC1. The number of hydrogen-bond acceptors (Lipinski definition) is 4. The van der Waals surface area contributed by atoms with Gasteiger partial charge >= 0.3 is 0 Å². The van der Waals surface area contributed by atoms with Gasteiger partial charge in [0.2, 0.25) is 5.91 Å². The number of hydrogen-bond donors (Lipinski definition) is 1. The van der Waals surface area contributed by atoms with Crippen LogP contribution in [0.4, 0.5) is 0 Å². The molecule has 1 aromatic rings. The summed E-state index contributed by atoms with van der Waals surface area (Å²) in [6, 6.07) is 1.76. The fourth-order valence-corrected chi connectivity index (χ4v) is 3.06. The van der Waals surface area contributed by atoms with Gasteiger partial charge in [0.1, 0.15) is 6.26 Å². The number of likely N-dealkylation sites (tertiary alicyclic amines) is 1. The molecule has 0 radical (unpaired) electrons. The zero-order valence-electron chi connectivity index (χ0n) is 10.5. The highest BCUT2D eigenvalue weighted by atomic mass is 16.5. The second-order valence-corrected chi connectivity index (χ2v) is 5.30. The van der Waals surface area contributed by atoms with E-state index in [1.807, 2.05) is 4.90 Å². The molecule has 1 N–H and O–H groups in total. The lowest BCUT2D eigenvalue weighted by Crippen LogP contribution is -2.34. The van der Waals surface area contributed by atoms with Crippen LogP contribution in [0.5, 0.6) is 0 Å². The highest BCUT2D eigenvalue weighted by Crippen LogP contribution is 2.27. The van der Waals surface area contributed by atoms with Crippen molar-refractivity contribution in [1.29, 1.82) is 0 Å². The Morgan fingerprint density at radius 3 is 2.72 bits per heavy atom. The van der Waals surface area contributed by atoms with Crippen molar-refractivity contribution in [2.45, 2.75) is 19.3 Å². The van der Waals surface area contributed by atoms with E-state index in [4.69, 9.17) is 4.52 Å². The minimum Gasteiger partial charge on any atom is -0.364 e. The summed E-state index contributed by atoms with van der Waals surface area (Å²) in [6.45, 7) is 4.02. The molecule has 0 unspecified atom stereocenters. The largest absolute Gasteiger partial charge is 0.364 e. The van der Waals surface area contributed by atoms with E-state index >= 15 is 0 Å². The lowest BCUT2D eigenvalue weighted by atomic mass is 9.92. The van der Waals surface area contributed by atoms with Gasteiger partial charge in [-0.1, -0.05) is 5.16 Å². The lowest BCUT2D eigenvalue weighted by molar-refractivity contribution is -0.130. The summed E-state index contributed by atoms with van der Waals surface area (Å²) in [5.74, 6) is 1.70. The Hall–Kier alpha value is -1.36. The Morgan fingerprint density at radius 2 is 2.11 bits per heavy atom. The van der Waals surface area contributed by atoms with Crippen LogP contribution >= 0.6 is 0 Å². The first kappa shape index (κ1) is 11.7. The first-order valence-electron chi connectivity index (χ1n) is 6.70. The van der Waals surface area contributed by atoms with Crippen LogP contribution in [0.15, 0.2) is 16.9 Å². The van der Waals surface area contributed by atoms with Crippen molar-refractivity contribution in [3.63, 3.8) is 0 Å². The van der Waals surface area contributed by atoms with Gasteiger partial charge in [0.05, 0.1) is 12.1 Å². The van der Waals surface area contributed by atoms with Crippen molar-refractivity contribution >= 4 is 5.91 Å². The standard InChI is InChI=1S/C13H19N3O2/c17-13(7-12-3-6-18-15-12)16-4-1-10-8-14-9-11(10)2-5-16/h3,6,10-11,14H,1-2,4-5,7-9H2/t10-,11+. The second-order valence-electron chi connectivity index (χ2n) is 5.30. The number of amides is 1. The topological polar surface area (TPSA) is 58.4 Å². The van der Waals surface area contributed by atoms with Crippen LogP contribution in [0, 0.1) is 11.8 Å². The van der Waals surface area contributed by atoms with E-state index in [0.717, 1.165) is 56.6 Å². The van der Waals surface area contributed by atoms with Gasteiger partial charge in [-0.05, 0) is 37.8 Å². The number of fused-ring (bicyclic) bond motifs is 1. The molecule has 0 aromatic carbocycles. The van der Waals surface area contributed by atoms with E-state index in [9.17, 15) is 4.79 Å². The van der Waals surface area contributed by atoms with Gasteiger partial charge in [-0.15, -0.1) is 0 Å². The first-order chi connectivity index (χ1) is 8.83. The molecule has 2 fully saturated rings. The quantitative estimate of drug-likeness (QED) is 0.837. The normalized spacial score (nSPS) is 27.9. The first-order valence-corrected chi connectivity index (χ1v) is 6.70. The van der Waals surface area contributed by atoms with Gasteiger partial charge in [0, 0.05) is 19.2 Å². The van der Waals surface area contributed by atoms with Crippen molar-refractivity contribution < 1.29 is 9.32 Å². The van der Waals surface area contributed by atoms with Crippen LogP contribution in [0.2, 0.25) is 0 Å². The number of nitrogens with zero attached hydrogens (tertiary/aromatic N) is 2. The molecule has 0 spiro atoms. The predicted molar refractivity (Wildman–Crippen MR) is 65.9 cm³/mol. The highest BCUT2D eigenvalue weighted by molar-refractivity contribution is 5.78. The minimum absolute atomic E-state index is 0.178.